The maximum Gasteiger partial charge on any atom is 0.155 e. The number of hydrogen-bond acceptors (Lipinski definition) is 2. The monoisotopic (exact) mass is 328 g/mol. The van der Waals surface area contributed by atoms with Gasteiger partial charge in [-0.05, 0) is 86.0 Å². The molecule has 2 nitrogen and oxygen atoms in total. The van der Waals surface area contributed by atoms with Crippen LogP contribution in [0.5, 0.6) is 0 Å². The second-order valence-corrected chi connectivity index (χ2v) is 9.81. The summed E-state index contributed by atoms with van der Waals surface area (Å²) < 4.78 is 0. The lowest BCUT2D eigenvalue weighted by Gasteiger charge is -2.60. The molecule has 0 spiro atoms. The van der Waals surface area contributed by atoms with E-state index in [1.807, 2.05) is 13.0 Å². The van der Waals surface area contributed by atoms with E-state index in [9.17, 15) is 9.59 Å². The molecular weight excluding hydrogens is 296 g/mol. The summed E-state index contributed by atoms with van der Waals surface area (Å²) in [6, 6.07) is 0. The fraction of sp³-hybridized carbons (Fsp3) is 0.818. The summed E-state index contributed by atoms with van der Waals surface area (Å²) in [5.74, 6) is 3.84. The first kappa shape index (κ1) is 16.5. The molecule has 0 bridgehead atoms. The van der Waals surface area contributed by atoms with Crippen molar-refractivity contribution in [3.63, 3.8) is 0 Å². The van der Waals surface area contributed by atoms with Crippen molar-refractivity contribution in [3.05, 3.63) is 11.6 Å². The zero-order valence-electron chi connectivity index (χ0n) is 15.7. The molecule has 0 radical (unpaired) electrons. The molecule has 0 aromatic rings. The lowest BCUT2D eigenvalue weighted by atomic mass is 9.44. The number of rotatable bonds is 1. The van der Waals surface area contributed by atoms with E-state index in [0.29, 0.717) is 29.3 Å². The minimum atomic E-state index is 0.226. The van der Waals surface area contributed by atoms with Crippen molar-refractivity contribution < 1.29 is 9.59 Å². The van der Waals surface area contributed by atoms with Gasteiger partial charge in [0.05, 0.1) is 0 Å². The van der Waals surface area contributed by atoms with Gasteiger partial charge in [0.1, 0.15) is 5.78 Å². The molecule has 3 fully saturated rings. The largest absolute Gasteiger partial charge is 0.300 e. The Morgan fingerprint density at radius 3 is 2.58 bits per heavy atom. The first-order valence-corrected chi connectivity index (χ1v) is 10.0. The lowest BCUT2D eigenvalue weighted by Crippen LogP contribution is -2.53. The summed E-state index contributed by atoms with van der Waals surface area (Å²) in [6.45, 7) is 9.07. The van der Waals surface area contributed by atoms with Crippen molar-refractivity contribution in [3.8, 4) is 0 Å². The predicted octanol–water partition coefficient (Wildman–Crippen LogP) is 4.97. The Morgan fingerprint density at radius 1 is 1.12 bits per heavy atom. The maximum absolute atomic E-state index is 12.2. The number of Topliss-reactive ketones (excluding diaryl/α,β-unsaturated/α-hetero) is 1. The van der Waals surface area contributed by atoms with Gasteiger partial charge < -0.3 is 0 Å². The van der Waals surface area contributed by atoms with Crippen LogP contribution in [0.2, 0.25) is 0 Å². The molecule has 3 saturated carbocycles. The lowest BCUT2D eigenvalue weighted by molar-refractivity contribution is -0.130. The van der Waals surface area contributed by atoms with Gasteiger partial charge in [0.25, 0.3) is 0 Å². The van der Waals surface area contributed by atoms with Gasteiger partial charge >= 0.3 is 0 Å². The topological polar surface area (TPSA) is 34.1 Å². The molecule has 0 N–H and O–H groups in total. The molecule has 0 aromatic heterocycles. The average Bonchev–Trinajstić information content (AvgIpc) is 2.86. The van der Waals surface area contributed by atoms with Crippen LogP contribution < -0.4 is 0 Å². The van der Waals surface area contributed by atoms with Crippen LogP contribution in [0.25, 0.3) is 0 Å². The van der Waals surface area contributed by atoms with Crippen molar-refractivity contribution in [1.82, 2.24) is 0 Å². The smallest absolute Gasteiger partial charge is 0.155 e. The number of fused-ring (bicyclic) bond motifs is 5. The fourth-order valence-electron chi connectivity index (χ4n) is 7.57. The van der Waals surface area contributed by atoms with Gasteiger partial charge in [-0.1, -0.05) is 26.3 Å². The Morgan fingerprint density at radius 2 is 1.88 bits per heavy atom. The first-order valence-electron chi connectivity index (χ1n) is 10.0. The van der Waals surface area contributed by atoms with Crippen molar-refractivity contribution in [1.29, 1.82) is 0 Å². The van der Waals surface area contributed by atoms with Gasteiger partial charge in [0, 0.05) is 12.3 Å². The van der Waals surface area contributed by atoms with Crippen molar-refractivity contribution in [2.24, 2.45) is 40.4 Å². The highest BCUT2D eigenvalue weighted by Gasteiger charge is 2.61. The van der Waals surface area contributed by atoms with Crippen LogP contribution in [0.4, 0.5) is 0 Å². The Bertz CT molecular complexity index is 617. The summed E-state index contributed by atoms with van der Waals surface area (Å²) in [5, 5.41) is 0. The van der Waals surface area contributed by atoms with E-state index >= 15 is 0 Å². The molecule has 132 valence electrons. The molecule has 24 heavy (non-hydrogen) atoms. The second kappa shape index (κ2) is 5.29. The highest BCUT2D eigenvalue weighted by atomic mass is 16.1. The molecule has 4 aliphatic rings. The molecule has 0 aliphatic heterocycles. The molecule has 0 aromatic carbocycles. The number of carbonyl (C=O) groups is 2. The summed E-state index contributed by atoms with van der Waals surface area (Å²) >= 11 is 0. The number of ketones is 2. The van der Waals surface area contributed by atoms with Crippen molar-refractivity contribution in [2.45, 2.75) is 72.6 Å². The zero-order valence-corrected chi connectivity index (χ0v) is 15.7. The van der Waals surface area contributed by atoms with Gasteiger partial charge in [0.15, 0.2) is 5.78 Å². The van der Waals surface area contributed by atoms with Gasteiger partial charge in [-0.2, -0.15) is 0 Å². The average molecular weight is 328 g/mol. The summed E-state index contributed by atoms with van der Waals surface area (Å²) in [6.07, 6.45) is 9.66. The van der Waals surface area contributed by atoms with Crippen LogP contribution in [0.3, 0.4) is 0 Å². The molecule has 7 atom stereocenters. The molecule has 4 rings (SSSR count). The van der Waals surface area contributed by atoms with Gasteiger partial charge in [0.2, 0.25) is 0 Å². The Labute approximate surface area is 146 Å². The van der Waals surface area contributed by atoms with Crippen LogP contribution in [0, 0.1) is 40.4 Å². The van der Waals surface area contributed by atoms with E-state index in [-0.39, 0.29) is 16.7 Å². The quantitative estimate of drug-likeness (QED) is 0.681. The highest BCUT2D eigenvalue weighted by molar-refractivity contribution is 5.91. The molecule has 7 unspecified atom stereocenters. The molecule has 0 heterocycles. The third-order valence-corrected chi connectivity index (χ3v) is 8.80. The van der Waals surface area contributed by atoms with Crippen LogP contribution in [0.1, 0.15) is 72.6 Å². The van der Waals surface area contributed by atoms with E-state index in [1.165, 1.54) is 24.8 Å². The summed E-state index contributed by atoms with van der Waals surface area (Å²) in [5.41, 5.74) is 1.90. The van der Waals surface area contributed by atoms with E-state index in [2.05, 4.69) is 20.8 Å². The standard InChI is InChI=1S/C22H32O2/c1-13-11-15-12-16(24)7-9-21(15,3)19-8-10-22(4)17(14(2)23)5-6-18(22)20(13)19/h12-13,17-20H,5-11H2,1-4H3. The van der Waals surface area contributed by atoms with Gasteiger partial charge in [-0.25, -0.2) is 0 Å². The normalized spacial score (nSPS) is 50.6. The molecule has 4 aliphatic carbocycles. The Kier molecular flexibility index (Phi) is 3.64. The maximum atomic E-state index is 12.2. The van der Waals surface area contributed by atoms with E-state index in [4.69, 9.17) is 0 Å². The molecule has 0 amide bonds. The SMILES string of the molecule is CC(=O)C1CCC2C3C(C)CC4=CC(=O)CCC4(C)C3CCC12C. The Balaban J connectivity index is 1.72. The van der Waals surface area contributed by atoms with E-state index in [1.54, 1.807) is 0 Å². The van der Waals surface area contributed by atoms with E-state index < -0.39 is 0 Å². The summed E-state index contributed by atoms with van der Waals surface area (Å²) in [7, 11) is 0. The highest BCUT2D eigenvalue weighted by Crippen LogP contribution is 2.67. The molecule has 0 saturated heterocycles. The van der Waals surface area contributed by atoms with Gasteiger partial charge in [-0.3, -0.25) is 9.59 Å². The van der Waals surface area contributed by atoms with Crippen molar-refractivity contribution in [2.75, 3.05) is 0 Å². The van der Waals surface area contributed by atoms with E-state index in [0.717, 1.165) is 31.6 Å². The third-order valence-electron chi connectivity index (χ3n) is 8.80. The van der Waals surface area contributed by atoms with Crippen LogP contribution in [-0.4, -0.2) is 11.6 Å². The van der Waals surface area contributed by atoms with Crippen LogP contribution in [-0.2, 0) is 9.59 Å². The minimum absolute atomic E-state index is 0.226. The predicted molar refractivity (Wildman–Crippen MR) is 95.4 cm³/mol. The van der Waals surface area contributed by atoms with Gasteiger partial charge in [-0.15, -0.1) is 0 Å². The molecular formula is C22H32O2. The third kappa shape index (κ3) is 2.07. The number of carbonyl (C=O) groups excluding carboxylic acids is 2. The fourth-order valence-corrected chi connectivity index (χ4v) is 7.57. The van der Waals surface area contributed by atoms with Crippen LogP contribution >= 0.6 is 0 Å². The molecule has 2 heteroatoms. The minimum Gasteiger partial charge on any atom is -0.300 e. The summed E-state index contributed by atoms with van der Waals surface area (Å²) in [4.78, 5) is 24.2. The zero-order chi connectivity index (χ0) is 17.3. The first-order chi connectivity index (χ1) is 11.3. The van der Waals surface area contributed by atoms with Crippen LogP contribution in [0.15, 0.2) is 11.6 Å². The second-order valence-electron chi connectivity index (χ2n) is 9.81. The van der Waals surface area contributed by atoms with Crippen molar-refractivity contribution >= 4 is 11.6 Å². The Hall–Kier alpha value is -0.920. The number of hydrogen-bond donors (Lipinski definition) is 0. The number of allylic oxidation sites excluding steroid dienone is 1.